The smallest absolute Gasteiger partial charge is 0.263 e. The summed E-state index contributed by atoms with van der Waals surface area (Å²) in [6.45, 7) is 3.71. The summed E-state index contributed by atoms with van der Waals surface area (Å²) < 4.78 is 27.2. The Bertz CT molecular complexity index is 850. The van der Waals surface area contributed by atoms with Gasteiger partial charge in [0.05, 0.1) is 5.02 Å². The highest BCUT2D eigenvalue weighted by molar-refractivity contribution is 7.92. The van der Waals surface area contributed by atoms with Crippen LogP contribution in [0.4, 0.5) is 5.69 Å². The standard InChI is InChI=1S/C16H16Cl2N2O3S/c1-10(2)19-16(21)11-3-6-13(7-4-11)20-24(22,23)15-9-12(17)5-8-14(15)18/h3-10,20H,1-2H3,(H,19,21). The van der Waals surface area contributed by atoms with Crippen molar-refractivity contribution in [1.29, 1.82) is 0 Å². The van der Waals surface area contributed by atoms with Gasteiger partial charge in [-0.3, -0.25) is 9.52 Å². The summed E-state index contributed by atoms with van der Waals surface area (Å²) in [6.07, 6.45) is 0. The highest BCUT2D eigenvalue weighted by Gasteiger charge is 2.19. The lowest BCUT2D eigenvalue weighted by atomic mass is 10.2. The summed E-state index contributed by atoms with van der Waals surface area (Å²) in [4.78, 5) is 11.8. The summed E-state index contributed by atoms with van der Waals surface area (Å²) in [6, 6.07) is 10.3. The minimum absolute atomic E-state index is 0.0145. The van der Waals surface area contributed by atoms with Crippen LogP contribution in [0.2, 0.25) is 10.0 Å². The van der Waals surface area contributed by atoms with Crippen LogP contribution in [0.5, 0.6) is 0 Å². The number of anilines is 1. The number of halogens is 2. The first-order chi connectivity index (χ1) is 11.2. The molecule has 1 amide bonds. The third-order valence-corrected chi connectivity index (χ3v) is 5.10. The minimum atomic E-state index is -3.89. The van der Waals surface area contributed by atoms with Crippen molar-refractivity contribution >= 4 is 44.8 Å². The molecule has 0 atom stereocenters. The summed E-state index contributed by atoms with van der Waals surface area (Å²) in [5, 5.41) is 3.09. The van der Waals surface area contributed by atoms with Gasteiger partial charge in [0.15, 0.2) is 0 Å². The first kappa shape index (κ1) is 18.6. The Morgan fingerprint density at radius 1 is 1.04 bits per heavy atom. The van der Waals surface area contributed by atoms with E-state index in [2.05, 4.69) is 10.0 Å². The van der Waals surface area contributed by atoms with Crippen LogP contribution >= 0.6 is 23.2 Å². The van der Waals surface area contributed by atoms with Crippen LogP contribution in [0.1, 0.15) is 24.2 Å². The molecule has 2 aromatic rings. The first-order valence-corrected chi connectivity index (χ1v) is 9.32. The lowest BCUT2D eigenvalue weighted by molar-refractivity contribution is 0.0943. The van der Waals surface area contributed by atoms with E-state index in [4.69, 9.17) is 23.2 Å². The van der Waals surface area contributed by atoms with Crippen LogP contribution in [0.25, 0.3) is 0 Å². The maximum absolute atomic E-state index is 12.4. The van der Waals surface area contributed by atoms with Crippen LogP contribution < -0.4 is 10.0 Å². The molecular weight excluding hydrogens is 371 g/mol. The van der Waals surface area contributed by atoms with E-state index in [0.717, 1.165) is 0 Å². The zero-order chi connectivity index (χ0) is 17.9. The van der Waals surface area contributed by atoms with E-state index < -0.39 is 10.0 Å². The van der Waals surface area contributed by atoms with Gasteiger partial charge < -0.3 is 5.32 Å². The molecule has 0 saturated carbocycles. The molecule has 2 N–H and O–H groups in total. The van der Waals surface area contributed by atoms with E-state index in [1.165, 1.54) is 42.5 Å². The average molecular weight is 387 g/mol. The Morgan fingerprint density at radius 2 is 1.67 bits per heavy atom. The maximum atomic E-state index is 12.4. The van der Waals surface area contributed by atoms with Gasteiger partial charge in [-0.1, -0.05) is 23.2 Å². The minimum Gasteiger partial charge on any atom is -0.350 e. The molecule has 0 fully saturated rings. The second-order valence-electron chi connectivity index (χ2n) is 5.39. The molecule has 0 aliphatic rings. The zero-order valence-corrected chi connectivity index (χ0v) is 15.3. The molecule has 0 bridgehead atoms. The fraction of sp³-hybridized carbons (Fsp3) is 0.188. The zero-order valence-electron chi connectivity index (χ0n) is 13.0. The molecule has 0 aliphatic carbocycles. The van der Waals surface area contributed by atoms with Gasteiger partial charge in [-0.05, 0) is 56.3 Å². The summed E-state index contributed by atoms with van der Waals surface area (Å²) in [5.74, 6) is -0.225. The molecular formula is C16H16Cl2N2O3S. The van der Waals surface area contributed by atoms with Gasteiger partial charge in [0, 0.05) is 22.3 Å². The van der Waals surface area contributed by atoms with Gasteiger partial charge in [0.2, 0.25) is 0 Å². The highest BCUT2D eigenvalue weighted by Crippen LogP contribution is 2.26. The normalized spacial score (nSPS) is 11.4. The predicted molar refractivity (Wildman–Crippen MR) is 96.3 cm³/mol. The molecule has 0 radical (unpaired) electrons. The van der Waals surface area contributed by atoms with Gasteiger partial charge in [0.25, 0.3) is 15.9 Å². The lowest BCUT2D eigenvalue weighted by Gasteiger charge is -2.11. The van der Waals surface area contributed by atoms with E-state index >= 15 is 0 Å². The van der Waals surface area contributed by atoms with E-state index in [0.29, 0.717) is 11.3 Å². The molecule has 5 nitrogen and oxygen atoms in total. The van der Waals surface area contributed by atoms with Gasteiger partial charge in [-0.2, -0.15) is 0 Å². The van der Waals surface area contributed by atoms with Crippen molar-refractivity contribution in [3.05, 3.63) is 58.1 Å². The Morgan fingerprint density at radius 3 is 2.25 bits per heavy atom. The molecule has 128 valence electrons. The number of benzene rings is 2. The van der Waals surface area contributed by atoms with Gasteiger partial charge in [0.1, 0.15) is 4.90 Å². The van der Waals surface area contributed by atoms with Crippen LogP contribution in [-0.2, 0) is 10.0 Å². The fourth-order valence-corrected chi connectivity index (χ4v) is 3.75. The number of sulfonamides is 1. The van der Waals surface area contributed by atoms with Gasteiger partial charge in [-0.25, -0.2) is 8.42 Å². The molecule has 2 rings (SSSR count). The second kappa shape index (κ2) is 7.42. The number of carbonyl (C=O) groups is 1. The third kappa shape index (κ3) is 4.63. The van der Waals surface area contributed by atoms with E-state index in [-0.39, 0.29) is 26.9 Å². The Balaban J connectivity index is 2.21. The van der Waals surface area contributed by atoms with Crippen LogP contribution in [-0.4, -0.2) is 20.4 Å². The topological polar surface area (TPSA) is 75.3 Å². The van der Waals surface area contributed by atoms with Gasteiger partial charge in [-0.15, -0.1) is 0 Å². The van der Waals surface area contributed by atoms with Crippen molar-refractivity contribution in [2.45, 2.75) is 24.8 Å². The molecule has 0 spiro atoms. The Hall–Kier alpha value is -1.76. The SMILES string of the molecule is CC(C)NC(=O)c1ccc(NS(=O)(=O)c2cc(Cl)ccc2Cl)cc1. The number of nitrogens with one attached hydrogen (secondary N) is 2. The molecule has 0 aromatic heterocycles. The first-order valence-electron chi connectivity index (χ1n) is 7.08. The molecule has 0 saturated heterocycles. The molecule has 0 aliphatic heterocycles. The fourth-order valence-electron chi connectivity index (χ4n) is 1.93. The van der Waals surface area contributed by atoms with Crippen molar-refractivity contribution < 1.29 is 13.2 Å². The van der Waals surface area contributed by atoms with Crippen molar-refractivity contribution in [2.75, 3.05) is 4.72 Å². The molecule has 0 unspecified atom stereocenters. The van der Waals surface area contributed by atoms with Crippen LogP contribution in [0, 0.1) is 0 Å². The number of carbonyl (C=O) groups excluding carboxylic acids is 1. The quantitative estimate of drug-likeness (QED) is 0.816. The van der Waals surface area contributed by atoms with Gasteiger partial charge >= 0.3 is 0 Å². The van der Waals surface area contributed by atoms with Crippen molar-refractivity contribution in [3.8, 4) is 0 Å². The summed E-state index contributed by atoms with van der Waals surface area (Å²) in [7, 11) is -3.89. The number of amides is 1. The van der Waals surface area contributed by atoms with E-state index in [1.807, 2.05) is 13.8 Å². The van der Waals surface area contributed by atoms with Crippen LogP contribution in [0.15, 0.2) is 47.4 Å². The van der Waals surface area contributed by atoms with E-state index in [1.54, 1.807) is 0 Å². The summed E-state index contributed by atoms with van der Waals surface area (Å²) >= 11 is 11.8. The lowest BCUT2D eigenvalue weighted by Crippen LogP contribution is -2.30. The molecule has 2 aromatic carbocycles. The van der Waals surface area contributed by atoms with E-state index in [9.17, 15) is 13.2 Å². The second-order valence-corrected chi connectivity index (χ2v) is 7.88. The largest absolute Gasteiger partial charge is 0.350 e. The number of rotatable bonds is 5. The maximum Gasteiger partial charge on any atom is 0.263 e. The average Bonchev–Trinajstić information content (AvgIpc) is 2.49. The highest BCUT2D eigenvalue weighted by atomic mass is 35.5. The van der Waals surface area contributed by atoms with Crippen molar-refractivity contribution in [2.24, 2.45) is 0 Å². The summed E-state index contributed by atoms with van der Waals surface area (Å²) in [5.41, 5.74) is 0.750. The van der Waals surface area contributed by atoms with Crippen molar-refractivity contribution in [3.63, 3.8) is 0 Å². The Labute approximate surface area is 151 Å². The number of hydrogen-bond acceptors (Lipinski definition) is 3. The van der Waals surface area contributed by atoms with Crippen molar-refractivity contribution in [1.82, 2.24) is 5.32 Å². The molecule has 0 heterocycles. The monoisotopic (exact) mass is 386 g/mol. The molecule has 24 heavy (non-hydrogen) atoms. The Kier molecular flexibility index (Phi) is 5.74. The predicted octanol–water partition coefficient (Wildman–Crippen LogP) is 3.93. The number of hydrogen-bond donors (Lipinski definition) is 2. The third-order valence-electron chi connectivity index (χ3n) is 3.00. The molecule has 8 heteroatoms. The van der Waals surface area contributed by atoms with Crippen LogP contribution in [0.3, 0.4) is 0 Å².